The summed E-state index contributed by atoms with van der Waals surface area (Å²) in [6, 6.07) is 14.9. The number of aromatic amines is 1. The maximum Gasteiger partial charge on any atom is 0.240 e. The molecule has 3 N–H and O–H groups in total. The van der Waals surface area contributed by atoms with Crippen LogP contribution in [-0.4, -0.2) is 37.5 Å². The summed E-state index contributed by atoms with van der Waals surface area (Å²) in [6.07, 6.45) is 6.29. The minimum atomic E-state index is -3.58. The second-order valence-corrected chi connectivity index (χ2v) is 8.93. The number of nitrogens with zero attached hydrogens (tertiary/aromatic N) is 1. The fourth-order valence-corrected chi connectivity index (χ4v) is 4.76. The van der Waals surface area contributed by atoms with Gasteiger partial charge in [-0.2, -0.15) is 0 Å². The molecule has 1 atom stereocenters. The van der Waals surface area contributed by atoms with Gasteiger partial charge in [0.2, 0.25) is 10.0 Å². The highest BCUT2D eigenvalue weighted by Crippen LogP contribution is 2.19. The van der Waals surface area contributed by atoms with Gasteiger partial charge in [0.15, 0.2) is 0 Å². The van der Waals surface area contributed by atoms with Crippen molar-refractivity contribution in [2.75, 3.05) is 13.1 Å². The highest BCUT2D eigenvalue weighted by molar-refractivity contribution is 7.89. The van der Waals surface area contributed by atoms with Crippen molar-refractivity contribution < 1.29 is 8.42 Å². The zero-order chi connectivity index (χ0) is 20.3. The van der Waals surface area contributed by atoms with Crippen LogP contribution in [0.1, 0.15) is 12.5 Å². The normalized spacial score (nSPS) is 13.1. The lowest BCUT2D eigenvalue weighted by atomic mass is 10.1. The third kappa shape index (κ3) is 4.48. The van der Waals surface area contributed by atoms with Crippen LogP contribution in [0.15, 0.2) is 72.0 Å². The molecule has 0 bridgehead atoms. The molecule has 0 saturated carbocycles. The third-order valence-corrected chi connectivity index (χ3v) is 6.56. The number of sulfonamides is 1. The first-order chi connectivity index (χ1) is 14.0. The Hall–Kier alpha value is -2.74. The van der Waals surface area contributed by atoms with E-state index in [0.717, 1.165) is 29.3 Å². The molecule has 2 aromatic heterocycles. The molecule has 7 heteroatoms. The van der Waals surface area contributed by atoms with E-state index < -0.39 is 10.0 Å². The van der Waals surface area contributed by atoms with Gasteiger partial charge < -0.3 is 10.3 Å². The number of para-hydroxylation sites is 1. The maximum absolute atomic E-state index is 12.7. The van der Waals surface area contributed by atoms with E-state index in [2.05, 4.69) is 32.1 Å². The van der Waals surface area contributed by atoms with E-state index in [1.165, 1.54) is 10.9 Å². The summed E-state index contributed by atoms with van der Waals surface area (Å²) in [5.74, 6) is 0. The van der Waals surface area contributed by atoms with Gasteiger partial charge in [0, 0.05) is 47.5 Å². The van der Waals surface area contributed by atoms with Crippen LogP contribution >= 0.6 is 0 Å². The molecule has 4 aromatic rings. The number of pyridine rings is 1. The molecule has 0 amide bonds. The van der Waals surface area contributed by atoms with Crippen molar-refractivity contribution in [3.8, 4) is 0 Å². The van der Waals surface area contributed by atoms with Gasteiger partial charge in [-0.25, -0.2) is 13.1 Å². The molecule has 0 fully saturated rings. The molecule has 0 radical (unpaired) electrons. The minimum Gasteiger partial charge on any atom is -0.361 e. The van der Waals surface area contributed by atoms with Gasteiger partial charge in [-0.1, -0.05) is 24.3 Å². The van der Waals surface area contributed by atoms with E-state index in [1.807, 2.05) is 31.3 Å². The largest absolute Gasteiger partial charge is 0.361 e. The Kier molecular flexibility index (Phi) is 5.62. The Labute approximate surface area is 170 Å². The third-order valence-electron chi connectivity index (χ3n) is 4.98. The Bertz CT molecular complexity index is 1230. The molecular weight excluding hydrogens is 384 g/mol. The van der Waals surface area contributed by atoms with Gasteiger partial charge in [-0.15, -0.1) is 0 Å². The van der Waals surface area contributed by atoms with Crippen LogP contribution in [0.4, 0.5) is 0 Å². The molecular formula is C22H24N4O2S. The number of aromatic nitrogens is 2. The first-order valence-corrected chi connectivity index (χ1v) is 11.1. The lowest BCUT2D eigenvalue weighted by Crippen LogP contribution is -2.40. The molecule has 2 heterocycles. The zero-order valence-corrected chi connectivity index (χ0v) is 17.0. The SMILES string of the molecule is CC(CNCCc1c[nH]c2ccccc12)NS(=O)(=O)c1ccc2cnccc2c1. The van der Waals surface area contributed by atoms with E-state index in [0.29, 0.717) is 6.54 Å². The van der Waals surface area contributed by atoms with Gasteiger partial charge in [0.25, 0.3) is 0 Å². The van der Waals surface area contributed by atoms with Crippen LogP contribution in [-0.2, 0) is 16.4 Å². The number of hydrogen-bond acceptors (Lipinski definition) is 4. The van der Waals surface area contributed by atoms with Gasteiger partial charge in [-0.05, 0) is 55.1 Å². The molecule has 0 aliphatic heterocycles. The van der Waals surface area contributed by atoms with E-state index in [1.54, 1.807) is 30.6 Å². The summed E-state index contributed by atoms with van der Waals surface area (Å²) < 4.78 is 28.1. The lowest BCUT2D eigenvalue weighted by molar-refractivity contribution is 0.537. The summed E-state index contributed by atoms with van der Waals surface area (Å²) in [6.45, 7) is 3.19. The quantitative estimate of drug-likeness (QED) is 0.391. The van der Waals surface area contributed by atoms with Crippen LogP contribution in [0.2, 0.25) is 0 Å². The van der Waals surface area contributed by atoms with Crippen LogP contribution in [0.3, 0.4) is 0 Å². The predicted molar refractivity (Wildman–Crippen MR) is 116 cm³/mol. The number of benzene rings is 2. The van der Waals surface area contributed by atoms with Crippen molar-refractivity contribution in [1.29, 1.82) is 0 Å². The number of hydrogen-bond donors (Lipinski definition) is 3. The van der Waals surface area contributed by atoms with Crippen molar-refractivity contribution in [3.63, 3.8) is 0 Å². The van der Waals surface area contributed by atoms with Crippen molar-refractivity contribution in [2.45, 2.75) is 24.3 Å². The second-order valence-electron chi connectivity index (χ2n) is 7.22. The summed E-state index contributed by atoms with van der Waals surface area (Å²) >= 11 is 0. The molecule has 0 spiro atoms. The number of nitrogens with one attached hydrogen (secondary N) is 3. The molecule has 0 saturated heterocycles. The standard InChI is InChI=1S/C22H24N4O2S/c1-16(13-23-11-9-19-15-25-22-5-3-2-4-21(19)22)26-29(27,28)20-7-6-18-14-24-10-8-17(18)12-20/h2-8,10,12,14-16,23,25-26H,9,11,13H2,1H3. The van der Waals surface area contributed by atoms with Crippen LogP contribution in [0.5, 0.6) is 0 Å². The second kappa shape index (κ2) is 8.32. The number of rotatable bonds is 8. The van der Waals surface area contributed by atoms with Gasteiger partial charge in [0.05, 0.1) is 4.90 Å². The smallest absolute Gasteiger partial charge is 0.240 e. The summed E-state index contributed by atoms with van der Waals surface area (Å²) in [5, 5.41) is 6.34. The van der Waals surface area contributed by atoms with Crippen LogP contribution < -0.4 is 10.0 Å². The first-order valence-electron chi connectivity index (χ1n) is 9.65. The summed E-state index contributed by atoms with van der Waals surface area (Å²) in [4.78, 5) is 7.60. The van der Waals surface area contributed by atoms with Crippen molar-refractivity contribution in [1.82, 2.24) is 20.0 Å². The Morgan fingerprint density at radius 1 is 1.10 bits per heavy atom. The molecule has 1 unspecified atom stereocenters. The van der Waals surface area contributed by atoms with E-state index in [9.17, 15) is 8.42 Å². The molecule has 6 nitrogen and oxygen atoms in total. The Morgan fingerprint density at radius 3 is 2.86 bits per heavy atom. The average Bonchev–Trinajstić information content (AvgIpc) is 3.14. The molecule has 0 aliphatic rings. The van der Waals surface area contributed by atoms with E-state index in [4.69, 9.17) is 0 Å². The summed E-state index contributed by atoms with van der Waals surface area (Å²) in [5.41, 5.74) is 2.39. The molecule has 29 heavy (non-hydrogen) atoms. The molecule has 150 valence electrons. The average molecular weight is 409 g/mol. The highest BCUT2D eigenvalue weighted by atomic mass is 32.2. The zero-order valence-electron chi connectivity index (χ0n) is 16.2. The van der Waals surface area contributed by atoms with Crippen molar-refractivity contribution in [2.24, 2.45) is 0 Å². The number of fused-ring (bicyclic) bond motifs is 2. The van der Waals surface area contributed by atoms with Gasteiger partial charge in [0.1, 0.15) is 0 Å². The highest BCUT2D eigenvalue weighted by Gasteiger charge is 2.17. The van der Waals surface area contributed by atoms with E-state index >= 15 is 0 Å². The van der Waals surface area contributed by atoms with Crippen molar-refractivity contribution in [3.05, 3.63) is 72.7 Å². The fourth-order valence-electron chi connectivity index (χ4n) is 3.48. The van der Waals surface area contributed by atoms with Crippen molar-refractivity contribution >= 4 is 31.7 Å². The fraction of sp³-hybridized carbons (Fsp3) is 0.227. The van der Waals surface area contributed by atoms with Gasteiger partial charge in [-0.3, -0.25) is 4.98 Å². The van der Waals surface area contributed by atoms with Gasteiger partial charge >= 0.3 is 0 Å². The molecule has 2 aromatic carbocycles. The monoisotopic (exact) mass is 408 g/mol. The van der Waals surface area contributed by atoms with Crippen LogP contribution in [0.25, 0.3) is 21.7 Å². The predicted octanol–water partition coefficient (Wildman–Crippen LogP) is 3.22. The first kappa shape index (κ1) is 19.6. The Morgan fingerprint density at radius 2 is 1.97 bits per heavy atom. The topological polar surface area (TPSA) is 86.9 Å². The minimum absolute atomic E-state index is 0.226. The van der Waals surface area contributed by atoms with Crippen LogP contribution in [0, 0.1) is 0 Å². The molecule has 4 rings (SSSR count). The number of H-pyrrole nitrogens is 1. The summed E-state index contributed by atoms with van der Waals surface area (Å²) in [7, 11) is -3.58. The maximum atomic E-state index is 12.7. The Balaban J connectivity index is 1.32. The van der Waals surface area contributed by atoms with E-state index in [-0.39, 0.29) is 10.9 Å². The molecule has 0 aliphatic carbocycles. The lowest BCUT2D eigenvalue weighted by Gasteiger charge is -2.15.